The van der Waals surface area contributed by atoms with Crippen LogP contribution in [0.5, 0.6) is 0 Å². The molecule has 2 fully saturated rings. The van der Waals surface area contributed by atoms with Crippen LogP contribution in [0.4, 0.5) is 0 Å². The second-order valence-electron chi connectivity index (χ2n) is 4.34. The lowest BCUT2D eigenvalue weighted by Gasteiger charge is -2.26. The van der Waals surface area contributed by atoms with Crippen molar-refractivity contribution in [2.45, 2.75) is 13.3 Å². The fraction of sp³-hybridized carbons (Fsp3) is 1.00. The van der Waals surface area contributed by atoms with Crippen molar-refractivity contribution in [3.63, 3.8) is 0 Å². The highest BCUT2D eigenvalue weighted by molar-refractivity contribution is 7.87. The minimum atomic E-state index is -3.26. The van der Waals surface area contributed by atoms with Crippen LogP contribution in [0.1, 0.15) is 13.3 Å². The van der Waals surface area contributed by atoms with Crippen LogP contribution >= 0.6 is 0 Å². The zero-order chi connectivity index (χ0) is 10.9. The van der Waals surface area contributed by atoms with Gasteiger partial charge in [0.15, 0.2) is 0 Å². The Morgan fingerprint density at radius 2 is 2.00 bits per heavy atom. The van der Waals surface area contributed by atoms with Gasteiger partial charge in [-0.1, -0.05) is 6.92 Å². The molecule has 1 aliphatic carbocycles. The molecular formula is C9H18N2O3S. The Kier molecular flexibility index (Phi) is 3.30. The molecule has 0 radical (unpaired) electrons. The van der Waals surface area contributed by atoms with E-state index in [1.807, 2.05) is 0 Å². The molecule has 0 bridgehead atoms. The molecule has 5 nitrogen and oxygen atoms in total. The highest BCUT2D eigenvalue weighted by Crippen LogP contribution is 2.36. The molecule has 6 heteroatoms. The molecule has 88 valence electrons. The van der Waals surface area contributed by atoms with E-state index in [9.17, 15) is 8.42 Å². The van der Waals surface area contributed by atoms with Gasteiger partial charge in [-0.25, -0.2) is 4.72 Å². The Morgan fingerprint density at radius 1 is 1.40 bits per heavy atom. The van der Waals surface area contributed by atoms with E-state index < -0.39 is 10.2 Å². The van der Waals surface area contributed by atoms with Gasteiger partial charge in [0.1, 0.15) is 0 Å². The van der Waals surface area contributed by atoms with Gasteiger partial charge in [-0.3, -0.25) is 0 Å². The largest absolute Gasteiger partial charge is 0.379 e. The number of hydrogen-bond donors (Lipinski definition) is 1. The van der Waals surface area contributed by atoms with Crippen molar-refractivity contribution < 1.29 is 13.2 Å². The van der Waals surface area contributed by atoms with Crippen LogP contribution < -0.4 is 4.72 Å². The normalized spacial score (nSPS) is 32.9. The summed E-state index contributed by atoms with van der Waals surface area (Å²) in [6.45, 7) is 4.67. The third-order valence-corrected chi connectivity index (χ3v) is 4.69. The SMILES string of the molecule is C[C@@H]1C[C@@H]1CNS(=O)(=O)N1CCOCC1. The van der Waals surface area contributed by atoms with Crippen LogP contribution in [0.3, 0.4) is 0 Å². The van der Waals surface area contributed by atoms with Crippen LogP contribution in [0.25, 0.3) is 0 Å². The van der Waals surface area contributed by atoms with Gasteiger partial charge in [0.05, 0.1) is 13.2 Å². The van der Waals surface area contributed by atoms with Crippen molar-refractivity contribution >= 4 is 10.2 Å². The first-order chi connectivity index (χ1) is 7.09. The summed E-state index contributed by atoms with van der Waals surface area (Å²) in [5.74, 6) is 1.22. The number of hydrogen-bond acceptors (Lipinski definition) is 3. The summed E-state index contributed by atoms with van der Waals surface area (Å²) < 4.78 is 32.8. The van der Waals surface area contributed by atoms with Crippen molar-refractivity contribution in [2.24, 2.45) is 11.8 Å². The van der Waals surface area contributed by atoms with E-state index in [1.54, 1.807) is 0 Å². The van der Waals surface area contributed by atoms with Gasteiger partial charge in [-0.05, 0) is 18.3 Å². The second-order valence-corrected chi connectivity index (χ2v) is 6.09. The average Bonchev–Trinajstić information content (AvgIpc) is 2.93. The summed E-state index contributed by atoms with van der Waals surface area (Å²) in [5, 5.41) is 0. The molecule has 1 saturated carbocycles. The molecule has 1 N–H and O–H groups in total. The zero-order valence-corrected chi connectivity index (χ0v) is 9.79. The maximum atomic E-state index is 11.8. The second kappa shape index (κ2) is 4.37. The van der Waals surface area contributed by atoms with E-state index in [1.165, 1.54) is 4.31 Å². The first-order valence-corrected chi connectivity index (χ1v) is 6.86. The lowest BCUT2D eigenvalue weighted by molar-refractivity contribution is 0.0725. The summed E-state index contributed by atoms with van der Waals surface area (Å²) in [4.78, 5) is 0. The Bertz CT molecular complexity index is 311. The Morgan fingerprint density at radius 3 is 2.53 bits per heavy atom. The minimum Gasteiger partial charge on any atom is -0.379 e. The summed E-state index contributed by atoms with van der Waals surface area (Å²) >= 11 is 0. The third-order valence-electron chi connectivity index (χ3n) is 3.11. The smallest absolute Gasteiger partial charge is 0.279 e. The van der Waals surface area contributed by atoms with Gasteiger partial charge < -0.3 is 4.74 Å². The Labute approximate surface area is 91.0 Å². The Balaban J connectivity index is 1.82. The quantitative estimate of drug-likeness (QED) is 0.733. The maximum Gasteiger partial charge on any atom is 0.279 e. The molecule has 0 amide bonds. The summed E-state index contributed by atoms with van der Waals surface area (Å²) in [5.41, 5.74) is 0. The van der Waals surface area contributed by atoms with Gasteiger partial charge in [0, 0.05) is 19.6 Å². The molecule has 1 saturated heterocycles. The van der Waals surface area contributed by atoms with Gasteiger partial charge >= 0.3 is 0 Å². The predicted octanol–water partition coefficient (Wildman–Crippen LogP) is -0.191. The fourth-order valence-corrected chi connectivity index (χ4v) is 3.01. The molecule has 0 spiro atoms. The van der Waals surface area contributed by atoms with Crippen molar-refractivity contribution in [3.8, 4) is 0 Å². The predicted molar refractivity (Wildman–Crippen MR) is 56.6 cm³/mol. The number of nitrogens with zero attached hydrogens (tertiary/aromatic N) is 1. The van der Waals surface area contributed by atoms with E-state index in [-0.39, 0.29) is 0 Å². The van der Waals surface area contributed by atoms with Crippen molar-refractivity contribution in [1.29, 1.82) is 0 Å². The molecule has 2 atom stereocenters. The lowest BCUT2D eigenvalue weighted by atomic mass is 10.3. The molecule has 1 aliphatic heterocycles. The number of nitrogens with one attached hydrogen (secondary N) is 1. The molecule has 1 heterocycles. The lowest BCUT2D eigenvalue weighted by Crippen LogP contribution is -2.47. The van der Waals surface area contributed by atoms with Crippen LogP contribution in [0, 0.1) is 11.8 Å². The monoisotopic (exact) mass is 234 g/mol. The van der Waals surface area contributed by atoms with E-state index in [4.69, 9.17) is 4.74 Å². The van der Waals surface area contributed by atoms with Crippen molar-refractivity contribution in [3.05, 3.63) is 0 Å². The van der Waals surface area contributed by atoms with E-state index in [2.05, 4.69) is 11.6 Å². The van der Waals surface area contributed by atoms with Gasteiger partial charge in [-0.2, -0.15) is 12.7 Å². The third kappa shape index (κ3) is 2.90. The maximum absolute atomic E-state index is 11.8. The van der Waals surface area contributed by atoms with Crippen LogP contribution in [-0.4, -0.2) is 45.6 Å². The average molecular weight is 234 g/mol. The van der Waals surface area contributed by atoms with Crippen LogP contribution in [-0.2, 0) is 14.9 Å². The molecule has 0 aromatic heterocycles. The van der Waals surface area contributed by atoms with E-state index in [0.29, 0.717) is 44.7 Å². The fourth-order valence-electron chi connectivity index (χ4n) is 1.77. The molecule has 2 aliphatic rings. The molecule has 0 unspecified atom stereocenters. The number of rotatable bonds is 4. The topological polar surface area (TPSA) is 58.6 Å². The van der Waals surface area contributed by atoms with Gasteiger partial charge in [0.2, 0.25) is 0 Å². The highest BCUT2D eigenvalue weighted by Gasteiger charge is 2.34. The summed E-state index contributed by atoms with van der Waals surface area (Å²) in [6.07, 6.45) is 1.14. The van der Waals surface area contributed by atoms with E-state index in [0.717, 1.165) is 6.42 Å². The number of ether oxygens (including phenoxy) is 1. The number of morpholine rings is 1. The first-order valence-electron chi connectivity index (χ1n) is 5.42. The minimum absolute atomic E-state index is 0.468. The van der Waals surface area contributed by atoms with Crippen molar-refractivity contribution in [2.75, 3.05) is 32.8 Å². The Hall–Kier alpha value is -0.170. The van der Waals surface area contributed by atoms with Crippen molar-refractivity contribution in [1.82, 2.24) is 9.03 Å². The molecule has 2 rings (SSSR count). The van der Waals surface area contributed by atoms with Crippen LogP contribution in [0.15, 0.2) is 0 Å². The first kappa shape index (κ1) is 11.3. The van der Waals surface area contributed by atoms with E-state index >= 15 is 0 Å². The molecule has 0 aromatic rings. The molecule has 0 aromatic carbocycles. The highest BCUT2D eigenvalue weighted by atomic mass is 32.2. The zero-order valence-electron chi connectivity index (χ0n) is 8.98. The standard InChI is InChI=1S/C9H18N2O3S/c1-8-6-9(8)7-10-15(12,13)11-2-4-14-5-3-11/h8-10H,2-7H2,1H3/t8-,9-/m1/s1. The molecular weight excluding hydrogens is 216 g/mol. The van der Waals surface area contributed by atoms with Gasteiger partial charge in [-0.15, -0.1) is 0 Å². The molecule has 15 heavy (non-hydrogen) atoms. The summed E-state index contributed by atoms with van der Waals surface area (Å²) in [7, 11) is -3.26. The van der Waals surface area contributed by atoms with Crippen LogP contribution in [0.2, 0.25) is 0 Å². The van der Waals surface area contributed by atoms with Gasteiger partial charge in [0.25, 0.3) is 10.2 Å². The summed E-state index contributed by atoms with van der Waals surface area (Å²) in [6, 6.07) is 0.